The predicted molar refractivity (Wildman–Crippen MR) is 120 cm³/mol. The molecule has 0 saturated carbocycles. The number of hydrogen-bond acceptors (Lipinski definition) is 8. The molecule has 4 rings (SSSR count). The number of ether oxygens (including phenoxy) is 2. The Bertz CT molecular complexity index is 1240. The number of carbonyl (C=O) groups excluding carboxylic acids is 1. The maximum absolute atomic E-state index is 13.1. The molecular formula is C21H21ClN4O6S. The topological polar surface area (TPSA) is 124 Å². The number of hydrogen-bond donors (Lipinski definition) is 1. The van der Waals surface area contributed by atoms with Gasteiger partial charge in [-0.1, -0.05) is 16.7 Å². The number of nitrogens with one attached hydrogen (secondary N) is 1. The van der Waals surface area contributed by atoms with Gasteiger partial charge in [-0.05, 0) is 49.2 Å². The van der Waals surface area contributed by atoms with Crippen LogP contribution in [0.2, 0.25) is 5.02 Å². The van der Waals surface area contributed by atoms with Gasteiger partial charge in [-0.15, -0.1) is 5.10 Å². The van der Waals surface area contributed by atoms with Crippen LogP contribution >= 0.6 is 11.6 Å². The summed E-state index contributed by atoms with van der Waals surface area (Å²) in [5.74, 6) is 0.646. The zero-order chi connectivity index (χ0) is 23.6. The molecule has 0 radical (unpaired) electrons. The van der Waals surface area contributed by atoms with Gasteiger partial charge in [0.25, 0.3) is 0 Å². The SMILES string of the molecule is COc1cc(OC)cc(-c2nnc(NC(=O)C3CCCN3S(=O)(=O)c3ccc(Cl)cc3)o2)c1. The summed E-state index contributed by atoms with van der Waals surface area (Å²) in [6.45, 7) is 0.224. The molecule has 1 fully saturated rings. The average Bonchev–Trinajstić information content (AvgIpc) is 3.49. The van der Waals surface area contributed by atoms with Crippen LogP contribution in [0.5, 0.6) is 11.5 Å². The van der Waals surface area contributed by atoms with E-state index in [2.05, 4.69) is 15.5 Å². The van der Waals surface area contributed by atoms with Gasteiger partial charge in [-0.25, -0.2) is 8.42 Å². The first kappa shape index (κ1) is 23.0. The van der Waals surface area contributed by atoms with Crippen molar-refractivity contribution in [2.45, 2.75) is 23.8 Å². The summed E-state index contributed by atoms with van der Waals surface area (Å²) in [7, 11) is -0.841. The van der Waals surface area contributed by atoms with Crippen molar-refractivity contribution < 1.29 is 27.1 Å². The van der Waals surface area contributed by atoms with Crippen LogP contribution in [0.15, 0.2) is 51.8 Å². The molecule has 33 heavy (non-hydrogen) atoms. The largest absolute Gasteiger partial charge is 0.497 e. The Morgan fingerprint density at radius 2 is 1.79 bits per heavy atom. The van der Waals surface area contributed by atoms with E-state index in [9.17, 15) is 13.2 Å². The minimum Gasteiger partial charge on any atom is -0.497 e. The third-order valence-corrected chi connectivity index (χ3v) is 7.35. The van der Waals surface area contributed by atoms with Gasteiger partial charge in [0.05, 0.1) is 19.1 Å². The number of sulfonamides is 1. The van der Waals surface area contributed by atoms with Crippen molar-refractivity contribution in [3.8, 4) is 23.0 Å². The van der Waals surface area contributed by atoms with Crippen LogP contribution in [0.25, 0.3) is 11.5 Å². The number of methoxy groups -OCH3 is 2. The molecule has 174 valence electrons. The lowest BCUT2D eigenvalue weighted by atomic mass is 10.2. The fourth-order valence-electron chi connectivity index (χ4n) is 3.54. The molecule has 1 unspecified atom stereocenters. The van der Waals surface area contributed by atoms with Gasteiger partial charge in [-0.2, -0.15) is 4.31 Å². The molecule has 1 N–H and O–H groups in total. The molecule has 0 spiro atoms. The van der Waals surface area contributed by atoms with Crippen molar-refractivity contribution in [1.82, 2.24) is 14.5 Å². The van der Waals surface area contributed by atoms with E-state index < -0.39 is 22.0 Å². The number of anilines is 1. The van der Waals surface area contributed by atoms with Gasteiger partial charge >= 0.3 is 6.01 Å². The number of aromatic nitrogens is 2. The van der Waals surface area contributed by atoms with Crippen LogP contribution in [-0.2, 0) is 14.8 Å². The predicted octanol–water partition coefficient (Wildman–Crippen LogP) is 3.20. The zero-order valence-electron chi connectivity index (χ0n) is 17.8. The van der Waals surface area contributed by atoms with Crippen LogP contribution in [0.4, 0.5) is 6.01 Å². The summed E-state index contributed by atoms with van der Waals surface area (Å²) < 4.78 is 43.3. The molecule has 2 aromatic carbocycles. The standard InChI is InChI=1S/C21H21ClN4O6S/c1-30-15-10-13(11-16(12-15)31-2)20-24-25-21(32-20)23-19(27)18-4-3-9-26(18)33(28,29)17-7-5-14(22)6-8-17/h5-8,10-12,18H,3-4,9H2,1-2H3,(H,23,25,27). The number of halogens is 1. The second kappa shape index (κ2) is 9.38. The van der Waals surface area contributed by atoms with Gasteiger partial charge in [0, 0.05) is 23.2 Å². The van der Waals surface area contributed by atoms with Crippen LogP contribution in [-0.4, -0.2) is 55.6 Å². The first-order valence-electron chi connectivity index (χ1n) is 9.97. The first-order chi connectivity index (χ1) is 15.8. The summed E-state index contributed by atoms with van der Waals surface area (Å²) in [6, 6.07) is 9.82. The first-order valence-corrected chi connectivity index (χ1v) is 11.8. The van der Waals surface area contributed by atoms with Crippen LogP contribution < -0.4 is 14.8 Å². The summed E-state index contributed by atoms with van der Waals surface area (Å²) in [4.78, 5) is 13.0. The van der Waals surface area contributed by atoms with Crippen molar-refractivity contribution in [3.63, 3.8) is 0 Å². The highest BCUT2D eigenvalue weighted by Gasteiger charge is 2.40. The van der Waals surface area contributed by atoms with Crippen LogP contribution in [0.1, 0.15) is 12.8 Å². The molecule has 12 heteroatoms. The highest BCUT2D eigenvalue weighted by Crippen LogP contribution is 2.31. The Morgan fingerprint density at radius 1 is 1.12 bits per heavy atom. The number of benzene rings is 2. The van der Waals surface area contributed by atoms with E-state index in [-0.39, 0.29) is 23.3 Å². The van der Waals surface area contributed by atoms with E-state index in [1.807, 2.05) is 0 Å². The van der Waals surface area contributed by atoms with Gasteiger partial charge in [0.2, 0.25) is 21.8 Å². The smallest absolute Gasteiger partial charge is 0.322 e. The van der Waals surface area contributed by atoms with E-state index in [1.54, 1.807) is 18.2 Å². The Kier molecular flexibility index (Phi) is 6.54. The second-order valence-electron chi connectivity index (χ2n) is 7.23. The molecule has 3 aromatic rings. The van der Waals surface area contributed by atoms with Crippen LogP contribution in [0.3, 0.4) is 0 Å². The Labute approximate surface area is 195 Å². The molecule has 1 saturated heterocycles. The zero-order valence-corrected chi connectivity index (χ0v) is 19.4. The third kappa shape index (κ3) is 4.80. The fourth-order valence-corrected chi connectivity index (χ4v) is 5.32. The maximum Gasteiger partial charge on any atom is 0.322 e. The van der Waals surface area contributed by atoms with Crippen molar-refractivity contribution in [3.05, 3.63) is 47.5 Å². The van der Waals surface area contributed by atoms with Crippen molar-refractivity contribution in [1.29, 1.82) is 0 Å². The van der Waals surface area contributed by atoms with E-state index in [4.69, 9.17) is 25.5 Å². The molecule has 1 aliphatic rings. The summed E-state index contributed by atoms with van der Waals surface area (Å²) in [5, 5.41) is 10.8. The van der Waals surface area contributed by atoms with Crippen molar-refractivity contribution in [2.75, 3.05) is 26.1 Å². The van der Waals surface area contributed by atoms with Gasteiger partial charge < -0.3 is 13.9 Å². The molecule has 1 atom stereocenters. The Balaban J connectivity index is 1.52. The molecule has 0 aliphatic carbocycles. The lowest BCUT2D eigenvalue weighted by Crippen LogP contribution is -2.43. The monoisotopic (exact) mass is 492 g/mol. The number of amides is 1. The van der Waals surface area contributed by atoms with E-state index in [1.165, 1.54) is 42.8 Å². The molecule has 1 amide bonds. The summed E-state index contributed by atoms with van der Waals surface area (Å²) >= 11 is 5.86. The fraction of sp³-hybridized carbons (Fsp3) is 0.286. The van der Waals surface area contributed by atoms with Gasteiger partial charge in [0.1, 0.15) is 17.5 Å². The minimum atomic E-state index is -3.88. The number of rotatable bonds is 7. The number of nitrogens with zero attached hydrogens (tertiary/aromatic N) is 3. The van der Waals surface area contributed by atoms with E-state index >= 15 is 0 Å². The third-order valence-electron chi connectivity index (χ3n) is 5.18. The summed E-state index contributed by atoms with van der Waals surface area (Å²) in [6.07, 6.45) is 0.913. The molecule has 2 heterocycles. The number of carbonyl (C=O) groups is 1. The molecule has 1 aliphatic heterocycles. The Morgan fingerprint density at radius 3 is 2.42 bits per heavy atom. The summed E-state index contributed by atoms with van der Waals surface area (Å²) in [5.41, 5.74) is 0.534. The lowest BCUT2D eigenvalue weighted by molar-refractivity contribution is -0.119. The normalized spacial score (nSPS) is 16.5. The minimum absolute atomic E-state index is 0.0682. The van der Waals surface area contributed by atoms with Crippen molar-refractivity contribution >= 4 is 33.5 Å². The lowest BCUT2D eigenvalue weighted by Gasteiger charge is -2.22. The molecule has 1 aromatic heterocycles. The Hall–Kier alpha value is -3.15. The van der Waals surface area contributed by atoms with E-state index in [0.717, 1.165) is 0 Å². The highest BCUT2D eigenvalue weighted by molar-refractivity contribution is 7.89. The molecule has 10 nitrogen and oxygen atoms in total. The second-order valence-corrected chi connectivity index (χ2v) is 9.56. The van der Waals surface area contributed by atoms with Gasteiger partial charge in [0.15, 0.2) is 0 Å². The maximum atomic E-state index is 13.1. The van der Waals surface area contributed by atoms with Crippen LogP contribution in [0, 0.1) is 0 Å². The molecule has 0 bridgehead atoms. The van der Waals surface area contributed by atoms with Gasteiger partial charge in [-0.3, -0.25) is 10.1 Å². The quantitative estimate of drug-likeness (QED) is 0.533. The average molecular weight is 493 g/mol. The molecular weight excluding hydrogens is 472 g/mol. The van der Waals surface area contributed by atoms with Crippen molar-refractivity contribution in [2.24, 2.45) is 0 Å². The van der Waals surface area contributed by atoms with E-state index in [0.29, 0.717) is 34.9 Å². The highest BCUT2D eigenvalue weighted by atomic mass is 35.5.